The minimum atomic E-state index is -4.49. The maximum absolute atomic E-state index is 13.5. The van der Waals surface area contributed by atoms with Crippen LogP contribution in [-0.2, 0) is 12.6 Å². The average Bonchev–Trinajstić information content (AvgIpc) is 2.93. The van der Waals surface area contributed by atoms with E-state index < -0.39 is 11.7 Å². The van der Waals surface area contributed by atoms with Crippen LogP contribution in [0.15, 0.2) is 40.9 Å². The van der Waals surface area contributed by atoms with Crippen LogP contribution in [0.3, 0.4) is 0 Å². The van der Waals surface area contributed by atoms with Crippen molar-refractivity contribution in [2.45, 2.75) is 25.4 Å². The van der Waals surface area contributed by atoms with Crippen molar-refractivity contribution in [2.24, 2.45) is 5.73 Å². The fraction of sp³-hybridized carbons (Fsp3) is 0.263. The minimum Gasteiger partial charge on any atom is -0.354 e. The highest BCUT2D eigenvalue weighted by atomic mass is 79.9. The highest BCUT2D eigenvalue weighted by Gasteiger charge is 2.34. The van der Waals surface area contributed by atoms with Gasteiger partial charge in [-0.2, -0.15) is 13.2 Å². The van der Waals surface area contributed by atoms with Gasteiger partial charge in [0.15, 0.2) is 0 Å². The maximum atomic E-state index is 13.5. The number of hydrogen-bond acceptors (Lipinski definition) is 1. The van der Waals surface area contributed by atoms with E-state index >= 15 is 0 Å². The summed E-state index contributed by atoms with van der Waals surface area (Å²) in [6.07, 6.45) is -2.26. The van der Waals surface area contributed by atoms with E-state index in [1.807, 2.05) is 24.3 Å². The molecule has 0 aliphatic heterocycles. The minimum absolute atomic E-state index is 0.0718. The topological polar surface area (TPSA) is 41.8 Å². The largest absolute Gasteiger partial charge is 0.418 e. The number of unbranched alkanes of at least 4 members (excludes halogenated alkanes) is 1. The third kappa shape index (κ3) is 3.92. The zero-order valence-corrected chi connectivity index (χ0v) is 16.1. The van der Waals surface area contributed by atoms with E-state index in [0.717, 1.165) is 34.5 Å². The second-order valence-electron chi connectivity index (χ2n) is 6.10. The van der Waals surface area contributed by atoms with Gasteiger partial charge in [-0.05, 0) is 61.2 Å². The summed E-state index contributed by atoms with van der Waals surface area (Å²) in [4.78, 5) is 3.00. The van der Waals surface area contributed by atoms with Gasteiger partial charge < -0.3 is 10.7 Å². The number of fused-ring (bicyclic) bond motifs is 1. The van der Waals surface area contributed by atoms with Gasteiger partial charge in [-0.3, -0.25) is 0 Å². The van der Waals surface area contributed by atoms with Crippen LogP contribution in [-0.4, -0.2) is 11.5 Å². The van der Waals surface area contributed by atoms with Gasteiger partial charge in [0.05, 0.1) is 11.1 Å². The molecule has 2 aromatic carbocycles. The second-order valence-corrected chi connectivity index (χ2v) is 7.46. The van der Waals surface area contributed by atoms with E-state index in [1.54, 1.807) is 6.07 Å². The number of H-pyrrole nitrogens is 1. The van der Waals surface area contributed by atoms with Crippen molar-refractivity contribution in [3.8, 4) is 11.3 Å². The summed E-state index contributed by atoms with van der Waals surface area (Å²) >= 11 is 9.38. The van der Waals surface area contributed by atoms with Crippen LogP contribution in [0.25, 0.3) is 22.2 Å². The molecule has 0 fully saturated rings. The van der Waals surface area contributed by atoms with Crippen LogP contribution < -0.4 is 5.73 Å². The fourth-order valence-electron chi connectivity index (χ4n) is 3.11. The first-order chi connectivity index (χ1) is 12.3. The lowest BCUT2D eigenvalue weighted by molar-refractivity contribution is -0.136. The number of alkyl halides is 3. The Morgan fingerprint density at radius 1 is 1.08 bits per heavy atom. The van der Waals surface area contributed by atoms with Crippen molar-refractivity contribution >= 4 is 38.4 Å². The number of aryl methyl sites for hydroxylation is 1. The Hall–Kier alpha value is -1.50. The molecule has 0 saturated heterocycles. The van der Waals surface area contributed by atoms with Gasteiger partial charge in [0, 0.05) is 20.6 Å². The lowest BCUT2D eigenvalue weighted by Crippen LogP contribution is -2.05. The van der Waals surface area contributed by atoms with Crippen molar-refractivity contribution in [1.82, 2.24) is 4.98 Å². The van der Waals surface area contributed by atoms with E-state index in [4.69, 9.17) is 17.3 Å². The predicted molar refractivity (Wildman–Crippen MR) is 103 cm³/mol. The molecule has 138 valence electrons. The van der Waals surface area contributed by atoms with Crippen molar-refractivity contribution in [3.05, 3.63) is 57.0 Å². The van der Waals surface area contributed by atoms with E-state index in [2.05, 4.69) is 20.9 Å². The van der Waals surface area contributed by atoms with Crippen LogP contribution in [0, 0.1) is 0 Å². The third-order valence-electron chi connectivity index (χ3n) is 4.30. The van der Waals surface area contributed by atoms with Gasteiger partial charge in [0.25, 0.3) is 0 Å². The first kappa shape index (κ1) is 19.3. The molecule has 0 aliphatic rings. The molecule has 3 rings (SSSR count). The molecular formula is C19H17BrClF3N2. The standard InChI is InChI=1S/C19H17BrClF3N2/c20-12-6-4-11(5-7-12)17-14(3-1-2-8-25)15-9-13(21)10-16(18(15)26-17)19(22,23)24/h4-7,9-10,26H,1-3,8,25H2. The lowest BCUT2D eigenvalue weighted by Gasteiger charge is -2.09. The van der Waals surface area contributed by atoms with Gasteiger partial charge in [0.2, 0.25) is 0 Å². The number of halogens is 5. The predicted octanol–water partition coefficient (Wildman–Crippen LogP) is 6.55. The quantitative estimate of drug-likeness (QED) is 0.430. The summed E-state index contributed by atoms with van der Waals surface area (Å²) in [5, 5.41) is 0.589. The Morgan fingerprint density at radius 2 is 1.77 bits per heavy atom. The van der Waals surface area contributed by atoms with Crippen molar-refractivity contribution in [3.63, 3.8) is 0 Å². The summed E-state index contributed by atoms with van der Waals surface area (Å²) in [5.74, 6) is 0. The highest BCUT2D eigenvalue weighted by molar-refractivity contribution is 9.10. The van der Waals surface area contributed by atoms with Crippen LogP contribution in [0.2, 0.25) is 5.02 Å². The van der Waals surface area contributed by atoms with E-state index in [-0.39, 0.29) is 10.5 Å². The fourth-order valence-corrected chi connectivity index (χ4v) is 3.59. The zero-order chi connectivity index (χ0) is 18.9. The van der Waals surface area contributed by atoms with Crippen LogP contribution >= 0.6 is 27.5 Å². The van der Waals surface area contributed by atoms with Crippen LogP contribution in [0.1, 0.15) is 24.0 Å². The summed E-state index contributed by atoms with van der Waals surface area (Å²) in [7, 11) is 0. The van der Waals surface area contributed by atoms with E-state index in [0.29, 0.717) is 24.0 Å². The molecule has 0 aliphatic carbocycles. The molecule has 3 N–H and O–H groups in total. The second kappa shape index (κ2) is 7.62. The monoisotopic (exact) mass is 444 g/mol. The maximum Gasteiger partial charge on any atom is 0.418 e. The molecule has 0 saturated carbocycles. The van der Waals surface area contributed by atoms with E-state index in [9.17, 15) is 13.2 Å². The van der Waals surface area contributed by atoms with Gasteiger partial charge in [-0.1, -0.05) is 39.7 Å². The SMILES string of the molecule is NCCCCc1c(-c2ccc(Br)cc2)[nH]c2c(C(F)(F)F)cc(Cl)cc12. The smallest absolute Gasteiger partial charge is 0.354 e. The summed E-state index contributed by atoms with van der Waals surface area (Å²) < 4.78 is 41.4. The van der Waals surface area contributed by atoms with Crippen LogP contribution in [0.5, 0.6) is 0 Å². The number of nitrogens with two attached hydrogens (primary N) is 1. The van der Waals surface area contributed by atoms with E-state index in [1.165, 1.54) is 0 Å². The number of aromatic nitrogens is 1. The van der Waals surface area contributed by atoms with Gasteiger partial charge in [-0.25, -0.2) is 0 Å². The molecule has 1 heterocycles. The Balaban J connectivity index is 2.25. The number of benzene rings is 2. The average molecular weight is 446 g/mol. The van der Waals surface area contributed by atoms with Gasteiger partial charge in [0.1, 0.15) is 0 Å². The Morgan fingerprint density at radius 3 is 2.38 bits per heavy atom. The molecule has 0 amide bonds. The Labute approximate surface area is 162 Å². The normalized spacial score (nSPS) is 12.1. The van der Waals surface area contributed by atoms with Gasteiger partial charge >= 0.3 is 6.18 Å². The molecule has 7 heteroatoms. The summed E-state index contributed by atoms with van der Waals surface area (Å²) in [6, 6.07) is 10.0. The Bertz CT molecular complexity index is 917. The molecular weight excluding hydrogens is 429 g/mol. The molecule has 0 spiro atoms. The zero-order valence-electron chi connectivity index (χ0n) is 13.8. The third-order valence-corrected chi connectivity index (χ3v) is 5.05. The van der Waals surface area contributed by atoms with Crippen LogP contribution in [0.4, 0.5) is 13.2 Å². The number of aromatic amines is 1. The van der Waals surface area contributed by atoms with Crippen molar-refractivity contribution < 1.29 is 13.2 Å². The summed E-state index contributed by atoms with van der Waals surface area (Å²) in [6.45, 7) is 0.546. The van der Waals surface area contributed by atoms with Crippen molar-refractivity contribution in [1.29, 1.82) is 0 Å². The molecule has 1 aromatic heterocycles. The Kier molecular flexibility index (Phi) is 5.65. The number of nitrogens with one attached hydrogen (secondary N) is 1. The van der Waals surface area contributed by atoms with Crippen molar-refractivity contribution in [2.75, 3.05) is 6.54 Å². The summed E-state index contributed by atoms with van der Waals surface area (Å²) in [5.41, 5.74) is 7.25. The first-order valence-electron chi connectivity index (χ1n) is 8.18. The highest BCUT2D eigenvalue weighted by Crippen LogP contribution is 2.41. The number of hydrogen-bond donors (Lipinski definition) is 2. The van der Waals surface area contributed by atoms with Gasteiger partial charge in [-0.15, -0.1) is 0 Å². The molecule has 3 aromatic rings. The molecule has 0 radical (unpaired) electrons. The molecule has 26 heavy (non-hydrogen) atoms. The molecule has 0 atom stereocenters. The molecule has 2 nitrogen and oxygen atoms in total. The molecule has 0 bridgehead atoms. The lowest BCUT2D eigenvalue weighted by atomic mass is 9.99. The molecule has 0 unspecified atom stereocenters. The number of rotatable bonds is 5. The first-order valence-corrected chi connectivity index (χ1v) is 9.35.